The van der Waals surface area contributed by atoms with Crippen molar-refractivity contribution in [2.75, 3.05) is 19.0 Å². The second-order valence-electron chi connectivity index (χ2n) is 6.28. The number of ether oxygens (including phenoxy) is 2. The molecule has 0 spiro atoms. The van der Waals surface area contributed by atoms with Crippen LogP contribution < -0.4 is 20.3 Å². The van der Waals surface area contributed by atoms with E-state index in [1.165, 1.54) is 11.8 Å². The van der Waals surface area contributed by atoms with E-state index in [9.17, 15) is 9.59 Å². The maximum Gasteiger partial charge on any atom is 0.248 e. The number of nitrogens with zero attached hydrogens (tertiary/aromatic N) is 1. The Labute approximate surface area is 155 Å². The molecule has 0 aliphatic carbocycles. The third-order valence-electron chi connectivity index (χ3n) is 3.81. The molecule has 0 fully saturated rings. The molecule has 0 unspecified atom stereocenters. The van der Waals surface area contributed by atoms with Crippen molar-refractivity contribution in [3.05, 3.63) is 23.8 Å². The molecule has 2 aromatic rings. The van der Waals surface area contributed by atoms with Crippen molar-refractivity contribution in [1.29, 1.82) is 0 Å². The van der Waals surface area contributed by atoms with Crippen LogP contribution in [-0.4, -0.2) is 35.8 Å². The molecular formula is C18H21N3O4S. The number of hydrogen-bond acceptors (Lipinski definition) is 6. The molecule has 0 saturated carbocycles. The number of carbonyl (C=O) groups excluding carboxylic acids is 2. The number of thioether (sulfide) groups is 1. The lowest BCUT2D eigenvalue weighted by atomic mass is 10.1. The van der Waals surface area contributed by atoms with Gasteiger partial charge in [-0.1, -0.05) is 25.6 Å². The Bertz CT molecular complexity index is 854. The number of rotatable bonds is 4. The molecule has 1 aliphatic heterocycles. The maximum atomic E-state index is 11.9. The molecule has 7 nitrogen and oxygen atoms in total. The molecule has 26 heavy (non-hydrogen) atoms. The average molecular weight is 375 g/mol. The van der Waals surface area contributed by atoms with Gasteiger partial charge >= 0.3 is 0 Å². The molecule has 2 amide bonds. The van der Waals surface area contributed by atoms with Crippen LogP contribution in [0.2, 0.25) is 0 Å². The van der Waals surface area contributed by atoms with Gasteiger partial charge in [0.15, 0.2) is 11.5 Å². The lowest BCUT2D eigenvalue weighted by molar-refractivity contribution is -0.129. The van der Waals surface area contributed by atoms with E-state index < -0.39 is 0 Å². The van der Waals surface area contributed by atoms with E-state index in [1.807, 2.05) is 25.1 Å². The minimum Gasteiger partial charge on any atom is -0.486 e. The fourth-order valence-corrected chi connectivity index (χ4v) is 3.18. The summed E-state index contributed by atoms with van der Waals surface area (Å²) >= 11 is 1.32. The Hall–Kier alpha value is -2.48. The van der Waals surface area contributed by atoms with Crippen molar-refractivity contribution in [2.45, 2.75) is 25.8 Å². The first kappa shape index (κ1) is 18.3. The number of aromatic nitrogens is 1. The number of amides is 2. The summed E-state index contributed by atoms with van der Waals surface area (Å²) in [5.74, 6) is 0.866. The smallest absolute Gasteiger partial charge is 0.248 e. The van der Waals surface area contributed by atoms with E-state index in [0.717, 1.165) is 27.2 Å². The van der Waals surface area contributed by atoms with E-state index in [-0.39, 0.29) is 23.5 Å². The van der Waals surface area contributed by atoms with Gasteiger partial charge in [-0.3, -0.25) is 20.4 Å². The SMILES string of the molecule is Cc1cc2cc3c(cc2nc1SCC(=O)NNC(=O)C(C)C)OCCO3. The average Bonchev–Trinajstić information content (AvgIpc) is 2.62. The van der Waals surface area contributed by atoms with Gasteiger partial charge in [-0.05, 0) is 24.6 Å². The minimum absolute atomic E-state index is 0.155. The van der Waals surface area contributed by atoms with Gasteiger partial charge in [-0.15, -0.1) is 0 Å². The summed E-state index contributed by atoms with van der Waals surface area (Å²) in [6.07, 6.45) is 0. The van der Waals surface area contributed by atoms with Crippen LogP contribution in [0.1, 0.15) is 19.4 Å². The molecule has 8 heteroatoms. The molecule has 2 N–H and O–H groups in total. The molecule has 3 rings (SSSR count). The number of pyridine rings is 1. The topological polar surface area (TPSA) is 89.6 Å². The highest BCUT2D eigenvalue weighted by atomic mass is 32.2. The third kappa shape index (κ3) is 4.19. The van der Waals surface area contributed by atoms with Gasteiger partial charge in [0.05, 0.1) is 11.3 Å². The van der Waals surface area contributed by atoms with Crippen molar-refractivity contribution < 1.29 is 19.1 Å². The molecule has 1 aromatic heterocycles. The van der Waals surface area contributed by atoms with Gasteiger partial charge in [0.1, 0.15) is 18.2 Å². The molecular weight excluding hydrogens is 354 g/mol. The van der Waals surface area contributed by atoms with Crippen LogP contribution in [-0.2, 0) is 9.59 Å². The summed E-state index contributed by atoms with van der Waals surface area (Å²) in [4.78, 5) is 28.0. The van der Waals surface area contributed by atoms with E-state index in [0.29, 0.717) is 19.0 Å². The van der Waals surface area contributed by atoms with Crippen molar-refractivity contribution in [1.82, 2.24) is 15.8 Å². The van der Waals surface area contributed by atoms with Crippen molar-refractivity contribution >= 4 is 34.5 Å². The van der Waals surface area contributed by atoms with Gasteiger partial charge in [-0.25, -0.2) is 4.98 Å². The molecule has 1 aliphatic rings. The first-order valence-electron chi connectivity index (χ1n) is 8.36. The van der Waals surface area contributed by atoms with Crippen molar-refractivity contribution in [3.8, 4) is 11.5 Å². The number of benzene rings is 1. The highest BCUT2D eigenvalue weighted by molar-refractivity contribution is 7.99. The fraction of sp³-hybridized carbons (Fsp3) is 0.389. The number of nitrogens with one attached hydrogen (secondary N) is 2. The van der Waals surface area contributed by atoms with Gasteiger partial charge in [-0.2, -0.15) is 0 Å². The molecule has 0 bridgehead atoms. The van der Waals surface area contributed by atoms with Crippen LogP contribution in [0.4, 0.5) is 0 Å². The number of fused-ring (bicyclic) bond motifs is 2. The Balaban J connectivity index is 1.69. The quantitative estimate of drug-likeness (QED) is 0.629. The van der Waals surface area contributed by atoms with Crippen LogP contribution in [0, 0.1) is 12.8 Å². The van der Waals surface area contributed by atoms with Gasteiger partial charge in [0.2, 0.25) is 11.8 Å². The normalized spacial score (nSPS) is 12.9. The summed E-state index contributed by atoms with van der Waals surface area (Å²) < 4.78 is 11.2. The van der Waals surface area contributed by atoms with Crippen LogP contribution in [0.15, 0.2) is 23.2 Å². The predicted octanol–water partition coefficient (Wildman–Crippen LogP) is 2.21. The summed E-state index contributed by atoms with van der Waals surface area (Å²) in [6.45, 7) is 6.53. The first-order chi connectivity index (χ1) is 12.4. The molecule has 0 radical (unpaired) electrons. The number of hydrazine groups is 1. The van der Waals surface area contributed by atoms with Crippen molar-refractivity contribution in [3.63, 3.8) is 0 Å². The highest BCUT2D eigenvalue weighted by Gasteiger charge is 2.15. The van der Waals surface area contributed by atoms with E-state index >= 15 is 0 Å². The number of hydrogen-bond donors (Lipinski definition) is 2. The largest absolute Gasteiger partial charge is 0.486 e. The second kappa shape index (κ2) is 7.82. The number of aryl methyl sites for hydroxylation is 1. The number of carbonyl (C=O) groups is 2. The standard InChI is InChI=1S/C18H21N3O4S/c1-10(2)17(23)21-20-16(22)9-26-18-11(3)6-12-7-14-15(8-13(12)19-18)25-5-4-24-14/h6-8,10H,4-5,9H2,1-3H3,(H,20,22)(H,21,23). The summed E-state index contributed by atoms with van der Waals surface area (Å²) in [5, 5.41) is 1.73. The van der Waals surface area contributed by atoms with Crippen molar-refractivity contribution in [2.24, 2.45) is 5.92 Å². The maximum absolute atomic E-state index is 11.9. The zero-order valence-corrected chi connectivity index (χ0v) is 15.7. The van der Waals surface area contributed by atoms with E-state index in [2.05, 4.69) is 15.8 Å². The van der Waals surface area contributed by atoms with Crippen LogP contribution in [0.25, 0.3) is 10.9 Å². The molecule has 2 heterocycles. The monoisotopic (exact) mass is 375 g/mol. The Morgan fingerprint density at radius 2 is 1.85 bits per heavy atom. The second-order valence-corrected chi connectivity index (χ2v) is 7.24. The first-order valence-corrected chi connectivity index (χ1v) is 9.35. The molecule has 0 atom stereocenters. The predicted molar refractivity (Wildman–Crippen MR) is 99.3 cm³/mol. The van der Waals surface area contributed by atoms with E-state index in [4.69, 9.17) is 9.47 Å². The van der Waals surface area contributed by atoms with Gasteiger partial charge in [0.25, 0.3) is 0 Å². The van der Waals surface area contributed by atoms with Crippen LogP contribution in [0.3, 0.4) is 0 Å². The lowest BCUT2D eigenvalue weighted by Gasteiger charge is -2.19. The van der Waals surface area contributed by atoms with Gasteiger partial charge < -0.3 is 9.47 Å². The summed E-state index contributed by atoms with van der Waals surface area (Å²) in [5.41, 5.74) is 6.56. The Morgan fingerprint density at radius 3 is 2.54 bits per heavy atom. The molecule has 138 valence electrons. The lowest BCUT2D eigenvalue weighted by Crippen LogP contribution is -2.44. The van der Waals surface area contributed by atoms with Gasteiger partial charge in [0, 0.05) is 17.4 Å². The fourth-order valence-electron chi connectivity index (χ4n) is 2.39. The zero-order chi connectivity index (χ0) is 18.7. The minimum atomic E-state index is -0.285. The third-order valence-corrected chi connectivity index (χ3v) is 4.91. The zero-order valence-electron chi connectivity index (χ0n) is 14.9. The van der Waals surface area contributed by atoms with E-state index in [1.54, 1.807) is 13.8 Å². The van der Waals surface area contributed by atoms with Crippen LogP contribution >= 0.6 is 11.8 Å². The Kier molecular flexibility index (Phi) is 5.51. The highest BCUT2D eigenvalue weighted by Crippen LogP contribution is 2.35. The molecule has 1 aromatic carbocycles. The molecule has 0 saturated heterocycles. The Morgan fingerprint density at radius 1 is 1.15 bits per heavy atom. The summed E-state index contributed by atoms with van der Waals surface area (Å²) in [6, 6.07) is 5.80. The summed E-state index contributed by atoms with van der Waals surface area (Å²) in [7, 11) is 0. The van der Waals surface area contributed by atoms with Crippen LogP contribution in [0.5, 0.6) is 11.5 Å².